The van der Waals surface area contributed by atoms with Gasteiger partial charge in [-0.25, -0.2) is 13.4 Å². The Morgan fingerprint density at radius 3 is 2.64 bits per heavy atom. The van der Waals surface area contributed by atoms with Crippen molar-refractivity contribution in [3.8, 4) is 0 Å². The molecule has 1 N–H and O–H groups in total. The summed E-state index contributed by atoms with van der Waals surface area (Å²) in [5.74, 6) is -1.26. The molecule has 0 fully saturated rings. The predicted molar refractivity (Wildman–Crippen MR) is 81.4 cm³/mol. The lowest BCUT2D eigenvalue weighted by molar-refractivity contribution is -0.127. The maximum atomic E-state index is 12.0. The molecule has 10 heteroatoms. The van der Waals surface area contributed by atoms with Crippen LogP contribution in [0.15, 0.2) is 29.7 Å². The van der Waals surface area contributed by atoms with Crippen molar-refractivity contribution in [3.05, 3.63) is 40.1 Å². The number of amides is 1. The Hall–Kier alpha value is -1.64. The number of carbonyl (C=O) groups excluding carboxylic acids is 1. The van der Waals surface area contributed by atoms with Gasteiger partial charge < -0.3 is 4.90 Å². The number of rotatable bonds is 5. The van der Waals surface area contributed by atoms with E-state index in [1.165, 1.54) is 11.9 Å². The molecule has 0 aliphatic heterocycles. The van der Waals surface area contributed by atoms with E-state index in [4.69, 9.17) is 23.2 Å². The average molecular weight is 363 g/mol. The third kappa shape index (κ3) is 3.96. The molecule has 1 aromatic carbocycles. The summed E-state index contributed by atoms with van der Waals surface area (Å²) in [5, 5.41) is 6.14. The zero-order valence-corrected chi connectivity index (χ0v) is 13.8. The van der Waals surface area contributed by atoms with Crippen LogP contribution >= 0.6 is 23.2 Å². The van der Waals surface area contributed by atoms with Crippen LogP contribution < -0.4 is 0 Å². The van der Waals surface area contributed by atoms with Gasteiger partial charge in [0.15, 0.2) is 0 Å². The minimum absolute atomic E-state index is 0.210. The summed E-state index contributed by atoms with van der Waals surface area (Å²) in [6.07, 6.45) is 1.07. The number of aromatic amines is 1. The van der Waals surface area contributed by atoms with Crippen LogP contribution in [0.3, 0.4) is 0 Å². The standard InChI is InChI=1S/C12H12Cl2N4O3S/c1-18(5-8-2-3-9(13)10(14)4-8)11(19)6-22(20,21)12-15-7-16-17-12/h2-4,7H,5-6H2,1H3,(H,15,16,17). The summed E-state index contributed by atoms with van der Waals surface area (Å²) < 4.78 is 23.9. The van der Waals surface area contributed by atoms with Gasteiger partial charge >= 0.3 is 0 Å². The zero-order valence-electron chi connectivity index (χ0n) is 11.5. The van der Waals surface area contributed by atoms with Crippen molar-refractivity contribution in [2.45, 2.75) is 11.7 Å². The van der Waals surface area contributed by atoms with Gasteiger partial charge in [-0.2, -0.15) is 5.10 Å². The lowest BCUT2D eigenvalue weighted by Gasteiger charge is -2.17. The van der Waals surface area contributed by atoms with E-state index in [1.54, 1.807) is 18.2 Å². The molecule has 1 heterocycles. The number of carbonyl (C=O) groups is 1. The smallest absolute Gasteiger partial charge is 0.243 e. The van der Waals surface area contributed by atoms with Crippen LogP contribution in [0.1, 0.15) is 5.56 Å². The van der Waals surface area contributed by atoms with Gasteiger partial charge in [0, 0.05) is 13.6 Å². The molecular formula is C12H12Cl2N4O3S. The molecular weight excluding hydrogens is 351 g/mol. The highest BCUT2D eigenvalue weighted by Crippen LogP contribution is 2.23. The summed E-state index contributed by atoms with van der Waals surface area (Å²) >= 11 is 11.7. The second-order valence-corrected chi connectivity index (χ2v) is 7.27. The van der Waals surface area contributed by atoms with Crippen molar-refractivity contribution in [1.82, 2.24) is 20.1 Å². The average Bonchev–Trinajstić information content (AvgIpc) is 2.97. The Labute approximate surface area is 137 Å². The first-order valence-corrected chi connectivity index (χ1v) is 8.46. The van der Waals surface area contributed by atoms with Gasteiger partial charge in [-0.05, 0) is 17.7 Å². The molecule has 0 unspecified atom stereocenters. The summed E-state index contributed by atoms with van der Waals surface area (Å²) in [6.45, 7) is 0.210. The first-order chi connectivity index (χ1) is 10.3. The summed E-state index contributed by atoms with van der Waals surface area (Å²) in [5.41, 5.74) is 0.738. The molecule has 7 nitrogen and oxygen atoms in total. The molecule has 2 aromatic rings. The number of H-pyrrole nitrogens is 1. The monoisotopic (exact) mass is 362 g/mol. The topological polar surface area (TPSA) is 96.0 Å². The van der Waals surface area contributed by atoms with Crippen LogP contribution in [0.5, 0.6) is 0 Å². The molecule has 0 saturated heterocycles. The highest BCUT2D eigenvalue weighted by atomic mass is 35.5. The maximum Gasteiger partial charge on any atom is 0.243 e. The summed E-state index contributed by atoms with van der Waals surface area (Å²) in [7, 11) is -2.34. The van der Waals surface area contributed by atoms with E-state index in [0.29, 0.717) is 10.0 Å². The van der Waals surface area contributed by atoms with Gasteiger partial charge in [0.05, 0.1) is 10.0 Å². The molecule has 0 saturated carbocycles. The van der Waals surface area contributed by atoms with Crippen molar-refractivity contribution in [3.63, 3.8) is 0 Å². The second-order valence-electron chi connectivity index (χ2n) is 4.55. The number of aromatic nitrogens is 3. The third-order valence-electron chi connectivity index (χ3n) is 2.83. The van der Waals surface area contributed by atoms with Crippen LogP contribution in [0.25, 0.3) is 0 Å². The lowest BCUT2D eigenvalue weighted by Crippen LogP contribution is -2.32. The molecule has 1 amide bonds. The fourth-order valence-corrected chi connectivity index (χ4v) is 3.09. The van der Waals surface area contributed by atoms with E-state index in [9.17, 15) is 13.2 Å². The highest BCUT2D eigenvalue weighted by molar-refractivity contribution is 7.91. The number of benzene rings is 1. The van der Waals surface area contributed by atoms with Crippen molar-refractivity contribution >= 4 is 38.9 Å². The first-order valence-electron chi connectivity index (χ1n) is 6.05. The molecule has 0 atom stereocenters. The maximum absolute atomic E-state index is 12.0. The van der Waals surface area contributed by atoms with Gasteiger partial charge in [0.2, 0.25) is 20.9 Å². The Morgan fingerprint density at radius 1 is 1.32 bits per heavy atom. The van der Waals surface area contributed by atoms with Gasteiger partial charge in [-0.3, -0.25) is 9.89 Å². The number of halogens is 2. The fourth-order valence-electron chi connectivity index (χ4n) is 1.69. The number of sulfone groups is 1. The van der Waals surface area contributed by atoms with Gasteiger partial charge in [0.25, 0.3) is 0 Å². The number of nitrogens with one attached hydrogen (secondary N) is 1. The SMILES string of the molecule is CN(Cc1ccc(Cl)c(Cl)c1)C(=O)CS(=O)(=O)c1ncn[nH]1. The molecule has 0 spiro atoms. The Balaban J connectivity index is 2.05. The molecule has 1 aromatic heterocycles. The molecule has 22 heavy (non-hydrogen) atoms. The van der Waals surface area contributed by atoms with Crippen molar-refractivity contribution in [2.75, 3.05) is 12.8 Å². The van der Waals surface area contributed by atoms with E-state index in [1.807, 2.05) is 0 Å². The number of hydrogen-bond donors (Lipinski definition) is 1. The van der Waals surface area contributed by atoms with E-state index in [2.05, 4.69) is 15.2 Å². The number of hydrogen-bond acceptors (Lipinski definition) is 5. The lowest BCUT2D eigenvalue weighted by atomic mass is 10.2. The van der Waals surface area contributed by atoms with Crippen LogP contribution in [0.4, 0.5) is 0 Å². The quantitative estimate of drug-likeness (QED) is 0.869. The van der Waals surface area contributed by atoms with E-state index in [-0.39, 0.29) is 11.7 Å². The van der Waals surface area contributed by atoms with Crippen molar-refractivity contribution in [1.29, 1.82) is 0 Å². The van der Waals surface area contributed by atoms with Gasteiger partial charge in [-0.15, -0.1) is 0 Å². The molecule has 2 rings (SSSR count). The minimum atomic E-state index is -3.84. The third-order valence-corrected chi connectivity index (χ3v) is 4.98. The predicted octanol–water partition coefficient (Wildman–Crippen LogP) is 1.54. The Kier molecular flexibility index (Phi) is 5.05. The molecule has 0 bridgehead atoms. The van der Waals surface area contributed by atoms with Crippen LogP contribution in [0.2, 0.25) is 10.0 Å². The van der Waals surface area contributed by atoms with Crippen molar-refractivity contribution < 1.29 is 13.2 Å². The normalized spacial score (nSPS) is 11.4. The fraction of sp³-hybridized carbons (Fsp3) is 0.250. The Morgan fingerprint density at radius 2 is 2.05 bits per heavy atom. The summed E-state index contributed by atoms with van der Waals surface area (Å²) in [6, 6.07) is 4.95. The summed E-state index contributed by atoms with van der Waals surface area (Å²) in [4.78, 5) is 16.9. The van der Waals surface area contributed by atoms with Crippen molar-refractivity contribution in [2.24, 2.45) is 0 Å². The second kappa shape index (κ2) is 6.64. The minimum Gasteiger partial charge on any atom is -0.341 e. The Bertz CT molecular complexity index is 778. The first kappa shape index (κ1) is 16.7. The van der Waals surface area contributed by atoms with Crippen LogP contribution in [-0.2, 0) is 21.2 Å². The van der Waals surface area contributed by atoms with E-state index in [0.717, 1.165) is 11.9 Å². The number of nitrogens with zero attached hydrogens (tertiary/aromatic N) is 3. The molecule has 0 aliphatic carbocycles. The van der Waals surface area contributed by atoms with Gasteiger partial charge in [0.1, 0.15) is 12.1 Å². The van der Waals surface area contributed by atoms with Crippen LogP contribution in [0, 0.1) is 0 Å². The van der Waals surface area contributed by atoms with Gasteiger partial charge in [-0.1, -0.05) is 29.3 Å². The zero-order chi connectivity index (χ0) is 16.3. The molecule has 0 radical (unpaired) electrons. The highest BCUT2D eigenvalue weighted by Gasteiger charge is 2.24. The van der Waals surface area contributed by atoms with Crippen LogP contribution in [-0.4, -0.2) is 47.2 Å². The van der Waals surface area contributed by atoms with E-state index < -0.39 is 21.5 Å². The molecule has 118 valence electrons. The molecule has 0 aliphatic rings. The van der Waals surface area contributed by atoms with E-state index >= 15 is 0 Å². The largest absolute Gasteiger partial charge is 0.341 e.